The number of carbonyl (C=O) groups excluding carboxylic acids is 2. The number of hydrogen-bond acceptors (Lipinski definition) is 5. The van der Waals surface area contributed by atoms with Crippen LogP contribution in [-0.4, -0.2) is 54.3 Å². The number of thiophene rings is 1. The SMILES string of the molecule is O=C(/C=C/c1cccs1)NNC(=O)CCN1CCN(C(c2ccccc2)c2ccccc2)CC1. The van der Waals surface area contributed by atoms with E-state index in [1.165, 1.54) is 17.2 Å². The zero-order chi connectivity index (χ0) is 23.6. The number of hydrogen-bond donors (Lipinski definition) is 2. The van der Waals surface area contributed by atoms with Gasteiger partial charge in [-0.2, -0.15) is 0 Å². The maximum absolute atomic E-state index is 12.2. The van der Waals surface area contributed by atoms with Crippen molar-refractivity contribution in [1.29, 1.82) is 0 Å². The summed E-state index contributed by atoms with van der Waals surface area (Å²) in [6, 6.07) is 25.3. The van der Waals surface area contributed by atoms with Gasteiger partial charge < -0.3 is 4.90 Å². The van der Waals surface area contributed by atoms with E-state index in [-0.39, 0.29) is 17.9 Å². The third-order valence-electron chi connectivity index (χ3n) is 5.93. The summed E-state index contributed by atoms with van der Waals surface area (Å²) in [6.45, 7) is 4.33. The lowest BCUT2D eigenvalue weighted by atomic mass is 9.96. The second-order valence-electron chi connectivity index (χ2n) is 8.24. The van der Waals surface area contributed by atoms with Gasteiger partial charge in [0.05, 0.1) is 6.04 Å². The van der Waals surface area contributed by atoms with Gasteiger partial charge in [0, 0.05) is 50.1 Å². The Morgan fingerprint density at radius 2 is 1.50 bits per heavy atom. The number of benzene rings is 2. The lowest BCUT2D eigenvalue weighted by Gasteiger charge is -2.39. The van der Waals surface area contributed by atoms with Crippen LogP contribution in [0.4, 0.5) is 0 Å². The molecule has 7 heteroatoms. The first-order valence-electron chi connectivity index (χ1n) is 11.6. The fraction of sp³-hybridized carbons (Fsp3) is 0.259. The highest BCUT2D eigenvalue weighted by atomic mass is 32.1. The minimum Gasteiger partial charge on any atom is -0.300 e. The summed E-state index contributed by atoms with van der Waals surface area (Å²) < 4.78 is 0. The van der Waals surface area contributed by atoms with Gasteiger partial charge >= 0.3 is 0 Å². The molecule has 2 amide bonds. The van der Waals surface area contributed by atoms with Crippen LogP contribution in [0.25, 0.3) is 6.08 Å². The molecule has 0 atom stereocenters. The van der Waals surface area contributed by atoms with Crippen molar-refractivity contribution < 1.29 is 9.59 Å². The normalized spacial score (nSPS) is 15.0. The summed E-state index contributed by atoms with van der Waals surface area (Å²) in [5.41, 5.74) is 7.54. The van der Waals surface area contributed by atoms with E-state index >= 15 is 0 Å². The Morgan fingerprint density at radius 3 is 2.09 bits per heavy atom. The van der Waals surface area contributed by atoms with Crippen molar-refractivity contribution in [2.45, 2.75) is 12.5 Å². The Morgan fingerprint density at radius 1 is 0.853 bits per heavy atom. The molecule has 2 N–H and O–H groups in total. The molecule has 0 aliphatic carbocycles. The number of rotatable bonds is 8. The van der Waals surface area contributed by atoms with Gasteiger partial charge in [0.1, 0.15) is 0 Å². The zero-order valence-electron chi connectivity index (χ0n) is 19.1. The van der Waals surface area contributed by atoms with Gasteiger partial charge in [-0.05, 0) is 28.6 Å². The Kier molecular flexibility index (Phi) is 8.62. The Labute approximate surface area is 204 Å². The summed E-state index contributed by atoms with van der Waals surface area (Å²) in [5, 5.41) is 1.95. The first-order chi connectivity index (χ1) is 16.7. The van der Waals surface area contributed by atoms with Crippen LogP contribution in [0.1, 0.15) is 28.5 Å². The standard InChI is InChI=1S/C27H30N4O2S/c32-25(14-13-24-12-7-21-34-24)28-29-26(33)15-16-30-17-19-31(20-18-30)27(22-8-3-1-4-9-22)23-10-5-2-6-11-23/h1-14,21,27H,15-20H2,(H,28,32)(H,29,33)/b14-13+. The molecule has 3 aromatic rings. The molecule has 1 saturated heterocycles. The van der Waals surface area contributed by atoms with E-state index in [1.807, 2.05) is 17.5 Å². The number of hydrazine groups is 1. The minimum atomic E-state index is -0.344. The number of carbonyl (C=O) groups is 2. The maximum atomic E-state index is 12.2. The molecule has 0 bridgehead atoms. The predicted molar refractivity (Wildman–Crippen MR) is 137 cm³/mol. The second kappa shape index (κ2) is 12.3. The van der Waals surface area contributed by atoms with Crippen molar-refractivity contribution in [2.24, 2.45) is 0 Å². The monoisotopic (exact) mass is 474 g/mol. The Balaban J connectivity index is 1.22. The van der Waals surface area contributed by atoms with Gasteiger partial charge in [-0.1, -0.05) is 66.7 Å². The second-order valence-corrected chi connectivity index (χ2v) is 9.22. The molecular weight excluding hydrogens is 444 g/mol. The van der Waals surface area contributed by atoms with E-state index in [4.69, 9.17) is 0 Å². The summed E-state index contributed by atoms with van der Waals surface area (Å²) in [6.07, 6.45) is 3.49. The number of piperazine rings is 1. The average Bonchev–Trinajstić information content (AvgIpc) is 3.41. The maximum Gasteiger partial charge on any atom is 0.262 e. The smallest absolute Gasteiger partial charge is 0.262 e. The van der Waals surface area contributed by atoms with Crippen LogP contribution in [0.2, 0.25) is 0 Å². The summed E-state index contributed by atoms with van der Waals surface area (Å²) in [7, 11) is 0. The third-order valence-corrected chi connectivity index (χ3v) is 6.76. The molecular formula is C27H30N4O2S. The molecule has 176 valence electrons. The van der Waals surface area contributed by atoms with Gasteiger partial charge in [-0.15, -0.1) is 11.3 Å². The summed E-state index contributed by atoms with van der Waals surface area (Å²) in [5.74, 6) is -0.532. The van der Waals surface area contributed by atoms with E-state index in [9.17, 15) is 9.59 Å². The quantitative estimate of drug-likeness (QED) is 0.386. The lowest BCUT2D eigenvalue weighted by Crippen LogP contribution is -2.49. The van der Waals surface area contributed by atoms with Gasteiger partial charge in [0.2, 0.25) is 5.91 Å². The van der Waals surface area contributed by atoms with E-state index in [0.717, 1.165) is 31.1 Å². The molecule has 2 heterocycles. The molecule has 6 nitrogen and oxygen atoms in total. The predicted octanol–water partition coefficient (Wildman–Crippen LogP) is 3.71. The van der Waals surface area contributed by atoms with E-state index in [1.54, 1.807) is 17.4 Å². The topological polar surface area (TPSA) is 64.7 Å². The molecule has 0 unspecified atom stereocenters. The highest BCUT2D eigenvalue weighted by Gasteiger charge is 2.26. The third kappa shape index (κ3) is 6.87. The molecule has 1 aliphatic rings. The molecule has 0 saturated carbocycles. The van der Waals surface area contributed by atoms with Crippen LogP contribution < -0.4 is 10.9 Å². The van der Waals surface area contributed by atoms with Crippen LogP contribution in [0.15, 0.2) is 84.3 Å². The highest BCUT2D eigenvalue weighted by Crippen LogP contribution is 2.29. The largest absolute Gasteiger partial charge is 0.300 e. The average molecular weight is 475 g/mol. The van der Waals surface area contributed by atoms with Crippen molar-refractivity contribution in [1.82, 2.24) is 20.7 Å². The van der Waals surface area contributed by atoms with Crippen molar-refractivity contribution in [3.8, 4) is 0 Å². The van der Waals surface area contributed by atoms with Crippen LogP contribution in [0, 0.1) is 0 Å². The molecule has 1 aromatic heterocycles. The van der Waals surface area contributed by atoms with Crippen LogP contribution in [0.3, 0.4) is 0 Å². The van der Waals surface area contributed by atoms with Crippen molar-refractivity contribution in [3.63, 3.8) is 0 Å². The van der Waals surface area contributed by atoms with E-state index < -0.39 is 0 Å². The zero-order valence-corrected chi connectivity index (χ0v) is 19.9. The van der Waals surface area contributed by atoms with Crippen molar-refractivity contribution >= 4 is 29.2 Å². The highest BCUT2D eigenvalue weighted by molar-refractivity contribution is 7.10. The Bertz CT molecular complexity index is 1020. The molecule has 1 aliphatic heterocycles. The summed E-state index contributed by atoms with van der Waals surface area (Å²) >= 11 is 1.55. The molecule has 34 heavy (non-hydrogen) atoms. The molecule has 0 radical (unpaired) electrons. The van der Waals surface area contributed by atoms with Gasteiger partial charge in [-0.25, -0.2) is 0 Å². The Hall–Kier alpha value is -3.26. The summed E-state index contributed by atoms with van der Waals surface area (Å²) in [4.78, 5) is 29.9. The van der Waals surface area contributed by atoms with Crippen molar-refractivity contribution in [3.05, 3.63) is 100 Å². The van der Waals surface area contributed by atoms with Crippen molar-refractivity contribution in [2.75, 3.05) is 32.7 Å². The van der Waals surface area contributed by atoms with Gasteiger partial charge in [0.25, 0.3) is 5.91 Å². The first-order valence-corrected chi connectivity index (χ1v) is 12.4. The van der Waals surface area contributed by atoms with Gasteiger partial charge in [0.15, 0.2) is 0 Å². The van der Waals surface area contributed by atoms with Crippen LogP contribution >= 0.6 is 11.3 Å². The number of nitrogens with zero attached hydrogens (tertiary/aromatic N) is 2. The number of nitrogens with one attached hydrogen (secondary N) is 2. The number of amides is 2. The molecule has 2 aromatic carbocycles. The fourth-order valence-electron chi connectivity index (χ4n) is 4.17. The van der Waals surface area contributed by atoms with Crippen LogP contribution in [0.5, 0.6) is 0 Å². The van der Waals surface area contributed by atoms with Crippen LogP contribution in [-0.2, 0) is 9.59 Å². The molecule has 1 fully saturated rings. The molecule has 0 spiro atoms. The minimum absolute atomic E-state index is 0.188. The van der Waals surface area contributed by atoms with Gasteiger partial charge in [-0.3, -0.25) is 25.3 Å². The first kappa shape index (κ1) is 23.9. The van der Waals surface area contributed by atoms with E-state index in [2.05, 4.69) is 81.3 Å². The lowest BCUT2D eigenvalue weighted by molar-refractivity contribution is -0.127. The van der Waals surface area contributed by atoms with E-state index in [0.29, 0.717) is 13.0 Å². The fourth-order valence-corrected chi connectivity index (χ4v) is 4.79. The molecule has 4 rings (SSSR count).